The second kappa shape index (κ2) is 7.44. The van der Waals surface area contributed by atoms with Gasteiger partial charge in [0, 0.05) is 6.54 Å². The van der Waals surface area contributed by atoms with E-state index in [0.29, 0.717) is 5.69 Å². The van der Waals surface area contributed by atoms with Crippen LogP contribution in [0.4, 0.5) is 20.6 Å². The minimum absolute atomic E-state index is 0.140. The van der Waals surface area contributed by atoms with Gasteiger partial charge in [-0.2, -0.15) is 10.0 Å². The molecule has 10 nitrogen and oxygen atoms in total. The van der Waals surface area contributed by atoms with Gasteiger partial charge in [0.25, 0.3) is 5.91 Å². The van der Waals surface area contributed by atoms with Crippen molar-refractivity contribution in [2.24, 2.45) is 10.3 Å². The van der Waals surface area contributed by atoms with Crippen LogP contribution in [0.3, 0.4) is 0 Å². The van der Waals surface area contributed by atoms with Gasteiger partial charge in [-0.25, -0.2) is 14.2 Å². The van der Waals surface area contributed by atoms with Gasteiger partial charge >= 0.3 is 6.09 Å². The molecule has 0 saturated carbocycles. The van der Waals surface area contributed by atoms with Gasteiger partial charge in [0.15, 0.2) is 6.54 Å². The zero-order chi connectivity index (χ0) is 18.7. The Hall–Kier alpha value is -3.08. The fourth-order valence-corrected chi connectivity index (χ4v) is 2.68. The molecular weight excluding hydrogens is 349 g/mol. The van der Waals surface area contributed by atoms with E-state index < -0.39 is 30.5 Å². The van der Waals surface area contributed by atoms with Gasteiger partial charge in [0.05, 0.1) is 31.1 Å². The van der Waals surface area contributed by atoms with Crippen molar-refractivity contribution in [3.63, 3.8) is 0 Å². The molecule has 2 aliphatic rings. The Morgan fingerprint density at radius 2 is 2.23 bits per heavy atom. The molecule has 26 heavy (non-hydrogen) atoms. The van der Waals surface area contributed by atoms with Crippen molar-refractivity contribution in [3.05, 3.63) is 28.9 Å². The first-order valence-corrected chi connectivity index (χ1v) is 7.82. The minimum atomic E-state index is -0.645. The molecular formula is C15H16FN5O5. The number of anilines is 2. The third kappa shape index (κ3) is 3.47. The van der Waals surface area contributed by atoms with Crippen LogP contribution in [0.25, 0.3) is 0 Å². The van der Waals surface area contributed by atoms with Crippen molar-refractivity contribution < 1.29 is 23.8 Å². The van der Waals surface area contributed by atoms with Crippen LogP contribution in [-0.2, 0) is 9.53 Å². The number of cyclic esters (lactones) is 1. The molecule has 1 N–H and O–H groups in total. The standard InChI is InChI=1S/C15H16FN5O5/c16-12-5-10(20-7-11(8-22)26-15(20)24)1-2-13(12)19-3-4-21(17-9-19)14(23)6-18-25/h1-2,5,9,11,22H,3-4,6-8H2/t11-/m1/s1. The summed E-state index contributed by atoms with van der Waals surface area (Å²) in [5, 5.41) is 16.6. The summed E-state index contributed by atoms with van der Waals surface area (Å²) >= 11 is 0. The fourth-order valence-electron chi connectivity index (χ4n) is 2.68. The molecule has 0 unspecified atom stereocenters. The SMILES string of the molecule is O=NCC(=O)N1CCN(c2ccc(N3C[C@H](CO)OC3=O)cc2F)C=N1. The summed E-state index contributed by atoms with van der Waals surface area (Å²) in [6, 6.07) is 4.24. The predicted molar refractivity (Wildman–Crippen MR) is 89.3 cm³/mol. The number of rotatable bonds is 5. The third-order valence-electron chi connectivity index (χ3n) is 4.00. The van der Waals surface area contributed by atoms with E-state index in [9.17, 15) is 18.9 Å². The van der Waals surface area contributed by atoms with Crippen molar-refractivity contribution in [3.8, 4) is 0 Å². The van der Waals surface area contributed by atoms with Crippen molar-refractivity contribution in [1.82, 2.24) is 5.01 Å². The van der Waals surface area contributed by atoms with Crippen LogP contribution in [0.1, 0.15) is 0 Å². The Labute approximate surface area is 147 Å². The van der Waals surface area contributed by atoms with Gasteiger partial charge in [-0.3, -0.25) is 9.69 Å². The summed E-state index contributed by atoms with van der Waals surface area (Å²) in [5.74, 6) is -1.11. The number of carbonyl (C=O) groups excluding carboxylic acids is 2. The Kier molecular flexibility index (Phi) is 5.07. The lowest BCUT2D eigenvalue weighted by Crippen LogP contribution is -2.41. The molecule has 0 aliphatic carbocycles. The number of carbonyl (C=O) groups is 2. The number of aliphatic hydroxyl groups excluding tert-OH is 1. The maximum Gasteiger partial charge on any atom is 0.414 e. The summed E-state index contributed by atoms with van der Waals surface area (Å²) in [7, 11) is 0. The summed E-state index contributed by atoms with van der Waals surface area (Å²) in [4.78, 5) is 36.2. The van der Waals surface area contributed by atoms with E-state index in [1.54, 1.807) is 6.07 Å². The number of amides is 2. The fraction of sp³-hybridized carbons (Fsp3) is 0.400. The summed E-state index contributed by atoms with van der Waals surface area (Å²) in [6.07, 6.45) is 0.00782. The number of halogens is 1. The van der Waals surface area contributed by atoms with Gasteiger partial charge < -0.3 is 14.7 Å². The molecule has 2 heterocycles. The lowest BCUT2D eigenvalue weighted by molar-refractivity contribution is -0.129. The molecule has 1 fully saturated rings. The highest BCUT2D eigenvalue weighted by molar-refractivity contribution is 5.90. The number of hydrazone groups is 1. The molecule has 138 valence electrons. The normalized spacial score (nSPS) is 19.7. The average Bonchev–Trinajstić information content (AvgIpc) is 3.03. The summed E-state index contributed by atoms with van der Waals surface area (Å²) in [5.41, 5.74) is 0.541. The Balaban J connectivity index is 1.73. The largest absolute Gasteiger partial charge is 0.441 e. The maximum absolute atomic E-state index is 14.5. The molecule has 0 aromatic heterocycles. The van der Waals surface area contributed by atoms with Crippen LogP contribution in [0, 0.1) is 10.7 Å². The van der Waals surface area contributed by atoms with E-state index in [2.05, 4.69) is 10.3 Å². The van der Waals surface area contributed by atoms with Crippen LogP contribution in [0.2, 0.25) is 0 Å². The lowest BCUT2D eigenvalue weighted by atomic mass is 10.2. The maximum atomic E-state index is 14.5. The van der Waals surface area contributed by atoms with E-state index in [1.165, 1.54) is 28.3 Å². The number of ether oxygens (including phenoxy) is 1. The molecule has 2 aliphatic heterocycles. The average molecular weight is 365 g/mol. The number of aliphatic hydroxyl groups is 1. The predicted octanol–water partition coefficient (Wildman–Crippen LogP) is 0.502. The van der Waals surface area contributed by atoms with Crippen molar-refractivity contribution in [2.45, 2.75) is 6.10 Å². The molecule has 3 rings (SSSR count). The van der Waals surface area contributed by atoms with Gasteiger partial charge in [-0.15, -0.1) is 0 Å². The summed E-state index contributed by atoms with van der Waals surface area (Å²) < 4.78 is 19.4. The number of benzene rings is 1. The quantitative estimate of drug-likeness (QED) is 0.760. The second-order valence-corrected chi connectivity index (χ2v) is 5.66. The van der Waals surface area contributed by atoms with Crippen molar-refractivity contribution in [2.75, 3.05) is 42.6 Å². The van der Waals surface area contributed by atoms with Crippen LogP contribution in [0.5, 0.6) is 0 Å². The van der Waals surface area contributed by atoms with Gasteiger partial charge in [-0.1, -0.05) is 5.18 Å². The first-order valence-electron chi connectivity index (χ1n) is 7.82. The van der Waals surface area contributed by atoms with Gasteiger partial charge in [0.2, 0.25) is 0 Å². The van der Waals surface area contributed by atoms with E-state index in [4.69, 9.17) is 9.84 Å². The highest BCUT2D eigenvalue weighted by Gasteiger charge is 2.32. The van der Waals surface area contributed by atoms with Crippen LogP contribution < -0.4 is 9.80 Å². The molecule has 0 spiro atoms. The molecule has 0 radical (unpaired) electrons. The Bertz CT molecular complexity index is 758. The highest BCUT2D eigenvalue weighted by atomic mass is 19.1. The first-order chi connectivity index (χ1) is 12.5. The molecule has 0 bridgehead atoms. The van der Waals surface area contributed by atoms with Crippen molar-refractivity contribution in [1.29, 1.82) is 0 Å². The Morgan fingerprint density at radius 3 is 2.81 bits per heavy atom. The van der Waals surface area contributed by atoms with Crippen LogP contribution in [-0.4, -0.2) is 67.3 Å². The lowest BCUT2D eigenvalue weighted by Gasteiger charge is -2.28. The summed E-state index contributed by atoms with van der Waals surface area (Å²) in [6.45, 7) is -0.199. The highest BCUT2D eigenvalue weighted by Crippen LogP contribution is 2.28. The van der Waals surface area contributed by atoms with Crippen molar-refractivity contribution >= 4 is 29.7 Å². The molecule has 11 heteroatoms. The van der Waals surface area contributed by atoms with Gasteiger partial charge in [-0.05, 0) is 18.2 Å². The smallest absolute Gasteiger partial charge is 0.414 e. The van der Waals surface area contributed by atoms with E-state index in [-0.39, 0.29) is 31.9 Å². The molecule has 1 saturated heterocycles. The molecule has 1 atom stereocenters. The number of nitroso groups, excluding NO2 is 1. The van der Waals surface area contributed by atoms with E-state index in [1.807, 2.05) is 0 Å². The zero-order valence-corrected chi connectivity index (χ0v) is 13.6. The van der Waals surface area contributed by atoms with Crippen LogP contribution >= 0.6 is 0 Å². The van der Waals surface area contributed by atoms with Crippen LogP contribution in [0.15, 0.2) is 28.5 Å². The van der Waals surface area contributed by atoms with E-state index >= 15 is 0 Å². The molecule has 1 aromatic carbocycles. The minimum Gasteiger partial charge on any atom is -0.441 e. The molecule has 2 amide bonds. The molecule has 1 aromatic rings. The Morgan fingerprint density at radius 1 is 1.42 bits per heavy atom. The number of hydrogen-bond donors (Lipinski definition) is 1. The number of hydrogen-bond acceptors (Lipinski definition) is 8. The van der Waals surface area contributed by atoms with Gasteiger partial charge in [0.1, 0.15) is 18.3 Å². The number of nitrogens with zero attached hydrogens (tertiary/aromatic N) is 5. The third-order valence-corrected chi connectivity index (χ3v) is 4.00. The van der Waals surface area contributed by atoms with E-state index in [0.717, 1.165) is 5.01 Å². The topological polar surface area (TPSA) is 115 Å². The monoisotopic (exact) mass is 365 g/mol. The second-order valence-electron chi connectivity index (χ2n) is 5.66. The zero-order valence-electron chi connectivity index (χ0n) is 13.6. The first kappa shape index (κ1) is 17.7.